The fourth-order valence-electron chi connectivity index (χ4n) is 1.61. The monoisotopic (exact) mass is 390 g/mol. The van der Waals surface area contributed by atoms with Gasteiger partial charge in [0.15, 0.2) is 6.61 Å². The zero-order valence-corrected chi connectivity index (χ0v) is 12.5. The minimum atomic E-state index is -0.722. The number of imide groups is 1. The van der Waals surface area contributed by atoms with Crippen LogP contribution in [-0.2, 0) is 14.3 Å². The van der Waals surface area contributed by atoms with Crippen molar-refractivity contribution in [3.8, 4) is 0 Å². The zero-order chi connectivity index (χ0) is 14.7. The average molecular weight is 390 g/mol. The van der Waals surface area contributed by atoms with Crippen LogP contribution in [0.25, 0.3) is 0 Å². The standard InChI is InChI=1S/C12H11IN2O5/c13-7-1-2-9(14)8(5-7)11(17)20-6-10(16)15-3-4-19-12(15)18/h1-2,5H,3-4,6,14H2. The van der Waals surface area contributed by atoms with Gasteiger partial charge in [0.1, 0.15) is 6.61 Å². The van der Waals surface area contributed by atoms with Gasteiger partial charge in [0, 0.05) is 9.26 Å². The number of esters is 1. The molecule has 7 nitrogen and oxygen atoms in total. The first kappa shape index (κ1) is 14.6. The van der Waals surface area contributed by atoms with Gasteiger partial charge in [-0.3, -0.25) is 4.79 Å². The summed E-state index contributed by atoms with van der Waals surface area (Å²) in [6.07, 6.45) is -0.722. The van der Waals surface area contributed by atoms with Crippen LogP contribution >= 0.6 is 22.6 Å². The molecular weight excluding hydrogens is 379 g/mol. The van der Waals surface area contributed by atoms with Gasteiger partial charge in [-0.05, 0) is 40.8 Å². The maximum atomic E-state index is 11.8. The molecule has 106 valence electrons. The predicted octanol–water partition coefficient (Wildman–Crippen LogP) is 1.01. The second-order valence-corrected chi connectivity index (χ2v) is 5.21. The number of hydrogen-bond donors (Lipinski definition) is 1. The molecule has 0 aliphatic carbocycles. The Morgan fingerprint density at radius 3 is 2.85 bits per heavy atom. The highest BCUT2D eigenvalue weighted by Crippen LogP contribution is 2.17. The number of nitrogens with two attached hydrogens (primary N) is 1. The molecule has 8 heteroatoms. The first-order valence-electron chi connectivity index (χ1n) is 5.68. The third-order valence-corrected chi connectivity index (χ3v) is 3.29. The number of ether oxygens (including phenoxy) is 2. The lowest BCUT2D eigenvalue weighted by atomic mass is 10.2. The van der Waals surface area contributed by atoms with Gasteiger partial charge in [-0.25, -0.2) is 14.5 Å². The van der Waals surface area contributed by atoms with Crippen molar-refractivity contribution in [3.05, 3.63) is 27.3 Å². The summed E-state index contributed by atoms with van der Waals surface area (Å²) in [7, 11) is 0. The maximum Gasteiger partial charge on any atom is 0.416 e. The van der Waals surface area contributed by atoms with Crippen LogP contribution in [0.15, 0.2) is 18.2 Å². The van der Waals surface area contributed by atoms with Gasteiger partial charge in [-0.15, -0.1) is 0 Å². The molecule has 1 aliphatic rings. The molecule has 0 radical (unpaired) electrons. The Morgan fingerprint density at radius 1 is 1.45 bits per heavy atom. The third kappa shape index (κ3) is 3.18. The fraction of sp³-hybridized carbons (Fsp3) is 0.250. The molecule has 0 bridgehead atoms. The first-order valence-corrected chi connectivity index (χ1v) is 6.76. The van der Waals surface area contributed by atoms with Crippen LogP contribution in [0.1, 0.15) is 10.4 Å². The summed E-state index contributed by atoms with van der Waals surface area (Å²) in [4.78, 5) is 35.5. The van der Waals surface area contributed by atoms with Gasteiger partial charge >= 0.3 is 12.1 Å². The van der Waals surface area contributed by atoms with E-state index < -0.39 is 24.6 Å². The molecule has 20 heavy (non-hydrogen) atoms. The van der Waals surface area contributed by atoms with Crippen molar-refractivity contribution in [2.75, 3.05) is 25.5 Å². The summed E-state index contributed by atoms with van der Waals surface area (Å²) in [6, 6.07) is 4.89. The molecule has 0 saturated carbocycles. The summed E-state index contributed by atoms with van der Waals surface area (Å²) in [6.45, 7) is -0.207. The number of rotatable bonds is 3. The molecule has 1 aromatic carbocycles. The number of nitrogen functional groups attached to an aromatic ring is 1. The van der Waals surface area contributed by atoms with E-state index in [1.807, 2.05) is 22.6 Å². The van der Waals surface area contributed by atoms with E-state index in [9.17, 15) is 14.4 Å². The zero-order valence-electron chi connectivity index (χ0n) is 10.3. The Bertz CT molecular complexity index is 575. The van der Waals surface area contributed by atoms with Crippen LogP contribution in [0.2, 0.25) is 0 Å². The second kappa shape index (κ2) is 6.07. The Labute approximate surface area is 128 Å². The van der Waals surface area contributed by atoms with Gasteiger partial charge in [0.05, 0.1) is 12.1 Å². The first-order chi connectivity index (χ1) is 9.49. The molecule has 2 N–H and O–H groups in total. The number of hydrogen-bond acceptors (Lipinski definition) is 6. The normalized spacial score (nSPS) is 14.1. The molecule has 0 aromatic heterocycles. The Balaban J connectivity index is 1.97. The summed E-state index contributed by atoms with van der Waals surface area (Å²) < 4.78 is 10.3. The van der Waals surface area contributed by atoms with Crippen LogP contribution in [0.3, 0.4) is 0 Å². The van der Waals surface area contributed by atoms with Crippen LogP contribution in [0.4, 0.5) is 10.5 Å². The number of anilines is 1. The predicted molar refractivity (Wildman–Crippen MR) is 76.9 cm³/mol. The van der Waals surface area contributed by atoms with Gasteiger partial charge in [-0.1, -0.05) is 0 Å². The quantitative estimate of drug-likeness (QED) is 0.470. The molecule has 1 fully saturated rings. The maximum absolute atomic E-state index is 11.8. The lowest BCUT2D eigenvalue weighted by Crippen LogP contribution is -2.35. The molecule has 1 aromatic rings. The SMILES string of the molecule is Nc1ccc(I)cc1C(=O)OCC(=O)N1CCOC1=O. The van der Waals surface area contributed by atoms with Crippen molar-refractivity contribution in [3.63, 3.8) is 0 Å². The number of cyclic esters (lactones) is 1. The van der Waals surface area contributed by atoms with Crippen molar-refractivity contribution in [2.24, 2.45) is 0 Å². The minimum absolute atomic E-state index is 0.155. The Hall–Kier alpha value is -1.84. The van der Waals surface area contributed by atoms with E-state index in [2.05, 4.69) is 4.74 Å². The van der Waals surface area contributed by atoms with Crippen molar-refractivity contribution in [1.29, 1.82) is 0 Å². The summed E-state index contributed by atoms with van der Waals surface area (Å²) in [5.74, 6) is -1.33. The van der Waals surface area contributed by atoms with E-state index in [0.29, 0.717) is 0 Å². The number of amides is 2. The number of nitrogens with zero attached hydrogens (tertiary/aromatic N) is 1. The topological polar surface area (TPSA) is 98.9 Å². The molecule has 1 aliphatic heterocycles. The lowest BCUT2D eigenvalue weighted by Gasteiger charge is -2.11. The Morgan fingerprint density at radius 2 is 2.20 bits per heavy atom. The highest BCUT2D eigenvalue weighted by molar-refractivity contribution is 14.1. The Kier molecular flexibility index (Phi) is 4.42. The van der Waals surface area contributed by atoms with Crippen molar-refractivity contribution in [2.45, 2.75) is 0 Å². The van der Waals surface area contributed by atoms with Crippen LogP contribution in [0.5, 0.6) is 0 Å². The van der Waals surface area contributed by atoms with Crippen molar-refractivity contribution >= 4 is 46.2 Å². The molecule has 0 spiro atoms. The molecule has 1 heterocycles. The molecule has 0 atom stereocenters. The highest BCUT2D eigenvalue weighted by Gasteiger charge is 2.29. The van der Waals surface area contributed by atoms with Gasteiger partial charge in [0.25, 0.3) is 5.91 Å². The van der Waals surface area contributed by atoms with E-state index in [1.165, 1.54) is 0 Å². The van der Waals surface area contributed by atoms with Gasteiger partial charge in [-0.2, -0.15) is 0 Å². The third-order valence-electron chi connectivity index (χ3n) is 2.62. The van der Waals surface area contributed by atoms with E-state index in [0.717, 1.165) is 8.47 Å². The smallest absolute Gasteiger partial charge is 0.416 e. The van der Waals surface area contributed by atoms with Gasteiger partial charge in [0.2, 0.25) is 0 Å². The van der Waals surface area contributed by atoms with E-state index >= 15 is 0 Å². The average Bonchev–Trinajstić information content (AvgIpc) is 2.84. The van der Waals surface area contributed by atoms with E-state index in [1.54, 1.807) is 18.2 Å². The van der Waals surface area contributed by atoms with Crippen molar-refractivity contribution < 1.29 is 23.9 Å². The van der Waals surface area contributed by atoms with Crippen molar-refractivity contribution in [1.82, 2.24) is 4.90 Å². The van der Waals surface area contributed by atoms with Gasteiger partial charge < -0.3 is 15.2 Å². The molecule has 1 saturated heterocycles. The highest BCUT2D eigenvalue weighted by atomic mass is 127. The number of carbonyl (C=O) groups is 3. The molecular formula is C12H11IN2O5. The number of carbonyl (C=O) groups excluding carboxylic acids is 3. The minimum Gasteiger partial charge on any atom is -0.452 e. The summed E-state index contributed by atoms with van der Waals surface area (Å²) in [5, 5.41) is 0. The van der Waals surface area contributed by atoms with E-state index in [-0.39, 0.29) is 24.4 Å². The number of halogens is 1. The fourth-order valence-corrected chi connectivity index (χ4v) is 2.10. The van der Waals surface area contributed by atoms with Crippen LogP contribution in [-0.4, -0.2) is 42.6 Å². The van der Waals surface area contributed by atoms with E-state index in [4.69, 9.17) is 10.5 Å². The summed E-state index contributed by atoms with van der Waals surface area (Å²) in [5.41, 5.74) is 6.12. The van der Waals surface area contributed by atoms with Crippen LogP contribution < -0.4 is 5.73 Å². The molecule has 2 amide bonds. The largest absolute Gasteiger partial charge is 0.452 e. The lowest BCUT2D eigenvalue weighted by molar-refractivity contribution is -0.131. The second-order valence-electron chi connectivity index (χ2n) is 3.97. The molecule has 2 rings (SSSR count). The number of benzene rings is 1. The molecule has 0 unspecified atom stereocenters. The summed E-state index contributed by atoms with van der Waals surface area (Å²) >= 11 is 2.03. The van der Waals surface area contributed by atoms with Crippen LogP contribution in [0, 0.1) is 3.57 Å².